The third kappa shape index (κ3) is 3.43. The number of para-hydroxylation sites is 2. The van der Waals surface area contributed by atoms with E-state index >= 15 is 0 Å². The van der Waals surface area contributed by atoms with E-state index in [4.69, 9.17) is 14.2 Å². The molecule has 0 aliphatic carbocycles. The van der Waals surface area contributed by atoms with E-state index in [-0.39, 0.29) is 13.4 Å². The molecular weight excluding hydrogens is 462 g/mol. The van der Waals surface area contributed by atoms with Gasteiger partial charge in [-0.15, -0.1) is 0 Å². The molecule has 0 radical (unpaired) electrons. The maximum Gasteiger partial charge on any atom is 0.325 e. The summed E-state index contributed by atoms with van der Waals surface area (Å²) in [5.74, 6) is 0.737. The lowest BCUT2D eigenvalue weighted by atomic mass is 9.91. The van der Waals surface area contributed by atoms with E-state index in [9.17, 15) is 14.4 Å². The van der Waals surface area contributed by atoms with Crippen molar-refractivity contribution in [3.05, 3.63) is 83.9 Å². The summed E-state index contributed by atoms with van der Waals surface area (Å²) in [7, 11) is 0. The Morgan fingerprint density at radius 2 is 1.69 bits per heavy atom. The van der Waals surface area contributed by atoms with Crippen LogP contribution in [0.5, 0.6) is 17.2 Å². The number of hydrogen-bond acceptors (Lipinski definition) is 6. The lowest BCUT2D eigenvalue weighted by molar-refractivity contribution is -0.134. The second-order valence-electron chi connectivity index (χ2n) is 8.98. The lowest BCUT2D eigenvalue weighted by Gasteiger charge is -2.37. The maximum absolute atomic E-state index is 13.8. The van der Waals surface area contributed by atoms with E-state index < -0.39 is 36.0 Å². The number of rotatable bonds is 4. The molecule has 0 bridgehead atoms. The standard InChI is InChI=1S/C27H23N3O6/c1-27(18-11-12-22-23(13-18)36-16-35-22)25(32)29(26(33)28-27)14-24(31)30-19-9-5-6-10-21(19)34-15-20(30)17-7-3-2-4-8-17/h2-13,20H,14-16H2,1H3,(H,28,33)/t20-,27-/m0/s1. The van der Waals surface area contributed by atoms with Crippen LogP contribution in [0.4, 0.5) is 10.5 Å². The van der Waals surface area contributed by atoms with Crippen LogP contribution in [0.1, 0.15) is 24.1 Å². The summed E-state index contributed by atoms with van der Waals surface area (Å²) in [6.45, 7) is 1.55. The molecule has 3 aromatic rings. The van der Waals surface area contributed by atoms with Gasteiger partial charge in [-0.1, -0.05) is 48.5 Å². The highest BCUT2D eigenvalue weighted by Gasteiger charge is 2.50. The Balaban J connectivity index is 1.30. The van der Waals surface area contributed by atoms with Crippen molar-refractivity contribution in [3.63, 3.8) is 0 Å². The summed E-state index contributed by atoms with van der Waals surface area (Å²) < 4.78 is 16.7. The summed E-state index contributed by atoms with van der Waals surface area (Å²) in [6.07, 6.45) is 0. The molecule has 1 saturated heterocycles. The van der Waals surface area contributed by atoms with E-state index in [2.05, 4.69) is 5.32 Å². The largest absolute Gasteiger partial charge is 0.489 e. The molecule has 0 unspecified atom stereocenters. The zero-order chi connectivity index (χ0) is 24.9. The number of nitrogens with zero attached hydrogens (tertiary/aromatic N) is 2. The molecule has 3 heterocycles. The molecule has 3 aromatic carbocycles. The van der Waals surface area contributed by atoms with Crippen LogP contribution in [0.25, 0.3) is 0 Å². The van der Waals surface area contributed by atoms with Crippen molar-refractivity contribution in [2.45, 2.75) is 18.5 Å². The molecule has 3 aliphatic rings. The van der Waals surface area contributed by atoms with Crippen molar-refractivity contribution in [1.29, 1.82) is 0 Å². The van der Waals surface area contributed by atoms with E-state index in [0.717, 1.165) is 10.5 Å². The van der Waals surface area contributed by atoms with Gasteiger partial charge in [0.15, 0.2) is 11.5 Å². The van der Waals surface area contributed by atoms with Gasteiger partial charge in [0.2, 0.25) is 12.7 Å². The second-order valence-corrected chi connectivity index (χ2v) is 8.98. The first-order chi connectivity index (χ1) is 17.5. The number of hydrogen-bond donors (Lipinski definition) is 1. The number of imide groups is 1. The molecule has 0 aromatic heterocycles. The number of benzene rings is 3. The molecule has 1 fully saturated rings. The van der Waals surface area contributed by atoms with Gasteiger partial charge in [0.25, 0.3) is 5.91 Å². The van der Waals surface area contributed by atoms with Crippen molar-refractivity contribution >= 4 is 23.5 Å². The van der Waals surface area contributed by atoms with Gasteiger partial charge in [-0.2, -0.15) is 0 Å². The fourth-order valence-electron chi connectivity index (χ4n) is 4.87. The SMILES string of the molecule is C[C@@]1(c2ccc3c(c2)OCO3)NC(=O)N(CC(=O)N2c3ccccc3OC[C@H]2c2ccccc2)C1=O. The Morgan fingerprint density at radius 3 is 2.53 bits per heavy atom. The number of nitrogens with one attached hydrogen (secondary N) is 1. The van der Waals surface area contributed by atoms with Gasteiger partial charge in [-0.3, -0.25) is 19.4 Å². The van der Waals surface area contributed by atoms with Gasteiger partial charge >= 0.3 is 6.03 Å². The van der Waals surface area contributed by atoms with Crippen molar-refractivity contribution in [2.75, 3.05) is 24.8 Å². The first kappa shape index (κ1) is 22.0. The van der Waals surface area contributed by atoms with Crippen LogP contribution >= 0.6 is 0 Å². The Bertz CT molecular complexity index is 1380. The van der Waals surface area contributed by atoms with Gasteiger partial charge in [0.05, 0.1) is 11.7 Å². The van der Waals surface area contributed by atoms with Crippen molar-refractivity contribution < 1.29 is 28.6 Å². The lowest BCUT2D eigenvalue weighted by Crippen LogP contribution is -2.48. The van der Waals surface area contributed by atoms with Crippen molar-refractivity contribution in [3.8, 4) is 17.2 Å². The first-order valence-corrected chi connectivity index (χ1v) is 11.6. The van der Waals surface area contributed by atoms with E-state index in [0.29, 0.717) is 28.5 Å². The van der Waals surface area contributed by atoms with Crippen LogP contribution in [0.3, 0.4) is 0 Å². The summed E-state index contributed by atoms with van der Waals surface area (Å²) in [6, 6.07) is 20.8. The third-order valence-electron chi connectivity index (χ3n) is 6.80. The average Bonchev–Trinajstić information content (AvgIpc) is 3.46. The number of anilines is 1. The zero-order valence-electron chi connectivity index (χ0n) is 19.5. The fourth-order valence-corrected chi connectivity index (χ4v) is 4.87. The summed E-state index contributed by atoms with van der Waals surface area (Å²) in [5.41, 5.74) is 0.676. The second kappa shape index (κ2) is 8.30. The minimum atomic E-state index is -1.35. The molecule has 4 amide bonds. The van der Waals surface area contributed by atoms with E-state index in [1.54, 1.807) is 42.2 Å². The first-order valence-electron chi connectivity index (χ1n) is 11.6. The quantitative estimate of drug-likeness (QED) is 0.570. The Morgan fingerprint density at radius 1 is 0.944 bits per heavy atom. The molecule has 9 nitrogen and oxygen atoms in total. The number of fused-ring (bicyclic) bond motifs is 2. The number of carbonyl (C=O) groups excluding carboxylic acids is 3. The minimum Gasteiger partial charge on any atom is -0.489 e. The number of ether oxygens (including phenoxy) is 3. The summed E-state index contributed by atoms with van der Waals surface area (Å²) >= 11 is 0. The molecule has 6 rings (SSSR count). The van der Waals surface area contributed by atoms with Gasteiger partial charge in [-0.25, -0.2) is 4.79 Å². The highest BCUT2D eigenvalue weighted by molar-refractivity contribution is 6.11. The Labute approximate surface area is 207 Å². The number of urea groups is 1. The van der Waals surface area contributed by atoms with Gasteiger partial charge in [-0.05, 0) is 42.3 Å². The average molecular weight is 485 g/mol. The minimum absolute atomic E-state index is 0.0973. The monoisotopic (exact) mass is 485 g/mol. The van der Waals surface area contributed by atoms with Gasteiger partial charge < -0.3 is 19.5 Å². The topological polar surface area (TPSA) is 97.4 Å². The van der Waals surface area contributed by atoms with Crippen LogP contribution in [0.15, 0.2) is 72.8 Å². The van der Waals surface area contributed by atoms with Crippen LogP contribution < -0.4 is 24.4 Å². The Kier molecular flexibility index (Phi) is 5.06. The van der Waals surface area contributed by atoms with Gasteiger partial charge in [0, 0.05) is 0 Å². The smallest absolute Gasteiger partial charge is 0.325 e. The maximum atomic E-state index is 13.8. The molecule has 0 spiro atoms. The zero-order valence-corrected chi connectivity index (χ0v) is 19.5. The molecule has 182 valence electrons. The van der Waals surface area contributed by atoms with E-state index in [1.165, 1.54) is 0 Å². The molecule has 9 heteroatoms. The predicted molar refractivity (Wildman–Crippen MR) is 129 cm³/mol. The molecular formula is C27H23N3O6. The molecule has 2 atom stereocenters. The molecule has 36 heavy (non-hydrogen) atoms. The number of carbonyl (C=O) groups is 3. The van der Waals surface area contributed by atoms with Crippen LogP contribution in [-0.4, -0.2) is 42.7 Å². The molecule has 1 N–H and O–H groups in total. The van der Waals surface area contributed by atoms with Crippen LogP contribution in [-0.2, 0) is 15.1 Å². The predicted octanol–water partition coefficient (Wildman–Crippen LogP) is 3.35. The number of amides is 4. The van der Waals surface area contributed by atoms with Crippen LogP contribution in [0.2, 0.25) is 0 Å². The highest BCUT2D eigenvalue weighted by Crippen LogP contribution is 2.40. The third-order valence-corrected chi connectivity index (χ3v) is 6.80. The van der Waals surface area contributed by atoms with Crippen molar-refractivity contribution in [2.24, 2.45) is 0 Å². The molecule has 3 aliphatic heterocycles. The van der Waals surface area contributed by atoms with Crippen molar-refractivity contribution in [1.82, 2.24) is 10.2 Å². The van der Waals surface area contributed by atoms with Crippen LogP contribution in [0, 0.1) is 0 Å². The normalized spacial score (nSPS) is 22.2. The summed E-state index contributed by atoms with van der Waals surface area (Å²) in [5, 5.41) is 2.75. The fraction of sp³-hybridized carbons (Fsp3) is 0.222. The summed E-state index contributed by atoms with van der Waals surface area (Å²) in [4.78, 5) is 42.8. The van der Waals surface area contributed by atoms with Gasteiger partial charge in [0.1, 0.15) is 24.4 Å². The Hall–Kier alpha value is -4.53. The highest BCUT2D eigenvalue weighted by atomic mass is 16.7. The van der Waals surface area contributed by atoms with E-state index in [1.807, 2.05) is 42.5 Å². The molecule has 0 saturated carbocycles.